The molecule has 0 aliphatic rings. The number of nitrogens with zero attached hydrogens (tertiary/aromatic N) is 2. The largest absolute Gasteiger partial charge is 0.443 e. The van der Waals surface area contributed by atoms with Gasteiger partial charge in [0.25, 0.3) is 0 Å². The van der Waals surface area contributed by atoms with E-state index < -0.39 is 0 Å². The van der Waals surface area contributed by atoms with E-state index in [-0.39, 0.29) is 18.0 Å². The van der Waals surface area contributed by atoms with Crippen molar-refractivity contribution in [1.29, 1.82) is 0 Å². The number of H-pyrrole nitrogens is 1. The van der Waals surface area contributed by atoms with Crippen LogP contribution in [-0.2, 0) is 11.3 Å². The highest BCUT2D eigenvalue weighted by molar-refractivity contribution is 5.92. The van der Waals surface area contributed by atoms with Crippen LogP contribution < -0.4 is 11.0 Å². The molecule has 7 nitrogen and oxygen atoms in total. The van der Waals surface area contributed by atoms with E-state index in [0.717, 1.165) is 11.4 Å². The van der Waals surface area contributed by atoms with Crippen molar-refractivity contribution in [3.05, 3.63) is 46.5 Å². The zero-order valence-electron chi connectivity index (χ0n) is 12.3. The number of amides is 1. The molecule has 2 heterocycles. The molecule has 0 aliphatic heterocycles. The number of nitrogens with one attached hydrogen (secondary N) is 2. The van der Waals surface area contributed by atoms with E-state index in [1.165, 1.54) is 6.39 Å². The van der Waals surface area contributed by atoms with Crippen molar-refractivity contribution in [1.82, 2.24) is 14.5 Å². The predicted molar refractivity (Wildman–Crippen MR) is 81.8 cm³/mol. The Morgan fingerprint density at radius 1 is 1.41 bits per heavy atom. The number of hydrogen-bond acceptors (Lipinski definition) is 4. The lowest BCUT2D eigenvalue weighted by atomic mass is 10.2. The van der Waals surface area contributed by atoms with Gasteiger partial charge in [-0.15, -0.1) is 0 Å². The first kappa shape index (κ1) is 14.1. The fraction of sp³-hybridized carbons (Fsp3) is 0.267. The van der Waals surface area contributed by atoms with Gasteiger partial charge >= 0.3 is 5.69 Å². The lowest BCUT2D eigenvalue weighted by Crippen LogP contribution is -2.22. The van der Waals surface area contributed by atoms with E-state index in [9.17, 15) is 9.59 Å². The number of hydrogen-bond donors (Lipinski definition) is 2. The minimum atomic E-state index is -0.188. The van der Waals surface area contributed by atoms with Gasteiger partial charge in [-0.2, -0.15) is 0 Å². The molecule has 0 fully saturated rings. The van der Waals surface area contributed by atoms with Gasteiger partial charge in [-0.25, -0.2) is 9.78 Å². The molecule has 7 heteroatoms. The fourth-order valence-electron chi connectivity index (χ4n) is 2.31. The number of carbonyl (C=O) groups excluding carboxylic acids is 1. The molecule has 1 aromatic carbocycles. The van der Waals surface area contributed by atoms with Gasteiger partial charge in [-0.3, -0.25) is 9.36 Å². The lowest BCUT2D eigenvalue weighted by Gasteiger charge is -2.06. The molecule has 3 aromatic rings. The molecule has 0 radical (unpaired) electrons. The van der Waals surface area contributed by atoms with Crippen LogP contribution in [0.15, 0.2) is 33.8 Å². The Hall–Kier alpha value is -2.83. The summed E-state index contributed by atoms with van der Waals surface area (Å²) in [5.74, 6) is -0.159. The third-order valence-corrected chi connectivity index (χ3v) is 3.66. The zero-order chi connectivity index (χ0) is 15.7. The molecule has 0 spiro atoms. The van der Waals surface area contributed by atoms with Gasteiger partial charge in [0.2, 0.25) is 5.91 Å². The van der Waals surface area contributed by atoms with Gasteiger partial charge < -0.3 is 14.7 Å². The normalized spacial score (nSPS) is 11.0. The van der Waals surface area contributed by atoms with Crippen molar-refractivity contribution < 1.29 is 9.21 Å². The standard InChI is InChI=1S/C15H16N4O3/c1-9-10(2)19(15(21)17-9)6-5-14(20)18-11-3-4-13-12(7-11)16-8-22-13/h3-4,7-8H,5-6H2,1-2H3,(H,17,21)(H,18,20). The number of carbonyl (C=O) groups is 1. The highest BCUT2D eigenvalue weighted by Gasteiger charge is 2.09. The smallest absolute Gasteiger partial charge is 0.325 e. The average Bonchev–Trinajstić information content (AvgIpc) is 3.02. The summed E-state index contributed by atoms with van der Waals surface area (Å²) in [5, 5.41) is 2.79. The second kappa shape index (κ2) is 5.51. The number of benzene rings is 1. The molecule has 0 atom stereocenters. The predicted octanol–water partition coefficient (Wildman–Crippen LogP) is 1.96. The lowest BCUT2D eigenvalue weighted by molar-refractivity contribution is -0.116. The quantitative estimate of drug-likeness (QED) is 0.770. The first-order valence-electron chi connectivity index (χ1n) is 6.93. The Balaban J connectivity index is 1.66. The van der Waals surface area contributed by atoms with E-state index >= 15 is 0 Å². The summed E-state index contributed by atoms with van der Waals surface area (Å²) >= 11 is 0. The zero-order valence-corrected chi connectivity index (χ0v) is 12.3. The molecule has 0 unspecified atom stereocenters. The molecule has 2 aromatic heterocycles. The van der Waals surface area contributed by atoms with E-state index in [1.54, 1.807) is 22.8 Å². The molecule has 0 bridgehead atoms. The summed E-state index contributed by atoms with van der Waals surface area (Å²) in [6.45, 7) is 4.02. The molecular weight excluding hydrogens is 284 g/mol. The van der Waals surface area contributed by atoms with Gasteiger partial charge in [0.05, 0.1) is 0 Å². The molecule has 22 heavy (non-hydrogen) atoms. The van der Waals surface area contributed by atoms with Crippen LogP contribution >= 0.6 is 0 Å². The molecule has 3 rings (SSSR count). The van der Waals surface area contributed by atoms with Gasteiger partial charge in [0.15, 0.2) is 12.0 Å². The number of aromatic amines is 1. The Kier molecular flexibility index (Phi) is 3.54. The Bertz CT molecular complexity index is 888. The summed E-state index contributed by atoms with van der Waals surface area (Å²) in [6.07, 6.45) is 1.58. The van der Waals surface area contributed by atoms with Crippen LogP contribution in [0.5, 0.6) is 0 Å². The Labute approximate surface area is 126 Å². The molecule has 0 saturated heterocycles. The van der Waals surface area contributed by atoms with Crippen LogP contribution in [0, 0.1) is 13.8 Å². The SMILES string of the molecule is Cc1[nH]c(=O)n(CCC(=O)Nc2ccc3ocnc3c2)c1C. The Morgan fingerprint density at radius 2 is 2.23 bits per heavy atom. The molecule has 114 valence electrons. The van der Waals surface area contributed by atoms with Crippen molar-refractivity contribution in [2.24, 2.45) is 0 Å². The fourth-order valence-corrected chi connectivity index (χ4v) is 2.31. The third-order valence-electron chi connectivity index (χ3n) is 3.66. The summed E-state index contributed by atoms with van der Waals surface area (Å²) in [5.41, 5.74) is 3.49. The topological polar surface area (TPSA) is 92.9 Å². The van der Waals surface area contributed by atoms with Crippen molar-refractivity contribution in [3.8, 4) is 0 Å². The summed E-state index contributed by atoms with van der Waals surface area (Å²) in [7, 11) is 0. The van der Waals surface area contributed by atoms with Gasteiger partial charge in [-0.1, -0.05) is 0 Å². The minimum Gasteiger partial charge on any atom is -0.443 e. The van der Waals surface area contributed by atoms with Crippen LogP contribution in [0.2, 0.25) is 0 Å². The van der Waals surface area contributed by atoms with Crippen LogP contribution in [0.3, 0.4) is 0 Å². The summed E-state index contributed by atoms with van der Waals surface area (Å²) < 4.78 is 6.71. The number of aryl methyl sites for hydroxylation is 1. The van der Waals surface area contributed by atoms with Gasteiger partial charge in [0.1, 0.15) is 5.52 Å². The average molecular weight is 300 g/mol. The molecule has 2 N–H and O–H groups in total. The van der Waals surface area contributed by atoms with E-state index in [1.807, 2.05) is 13.8 Å². The second-order valence-corrected chi connectivity index (χ2v) is 5.13. The molecule has 0 aliphatic carbocycles. The first-order chi connectivity index (χ1) is 10.5. The summed E-state index contributed by atoms with van der Waals surface area (Å²) in [4.78, 5) is 30.5. The monoisotopic (exact) mass is 300 g/mol. The number of oxazole rings is 1. The maximum atomic E-state index is 12.0. The van der Waals surface area contributed by atoms with Crippen LogP contribution in [0.4, 0.5) is 5.69 Å². The van der Waals surface area contributed by atoms with E-state index in [2.05, 4.69) is 15.3 Å². The Morgan fingerprint density at radius 3 is 2.95 bits per heavy atom. The van der Waals surface area contributed by atoms with Crippen LogP contribution in [0.1, 0.15) is 17.8 Å². The van der Waals surface area contributed by atoms with Crippen LogP contribution in [0.25, 0.3) is 11.1 Å². The highest BCUT2D eigenvalue weighted by Crippen LogP contribution is 2.17. The highest BCUT2D eigenvalue weighted by atomic mass is 16.3. The second-order valence-electron chi connectivity index (χ2n) is 5.13. The van der Waals surface area contributed by atoms with Gasteiger partial charge in [0, 0.05) is 30.0 Å². The first-order valence-corrected chi connectivity index (χ1v) is 6.93. The number of rotatable bonds is 4. The number of fused-ring (bicyclic) bond motifs is 1. The van der Waals surface area contributed by atoms with Gasteiger partial charge in [-0.05, 0) is 32.0 Å². The molecule has 1 amide bonds. The molecule has 0 saturated carbocycles. The van der Waals surface area contributed by atoms with E-state index in [0.29, 0.717) is 23.3 Å². The van der Waals surface area contributed by atoms with Crippen molar-refractivity contribution in [3.63, 3.8) is 0 Å². The van der Waals surface area contributed by atoms with Crippen molar-refractivity contribution in [2.45, 2.75) is 26.8 Å². The van der Waals surface area contributed by atoms with Crippen LogP contribution in [-0.4, -0.2) is 20.4 Å². The number of anilines is 1. The summed E-state index contributed by atoms with van der Waals surface area (Å²) in [6, 6.07) is 5.25. The molecular formula is C15H16N4O3. The number of imidazole rings is 1. The maximum absolute atomic E-state index is 12.0. The number of aromatic nitrogens is 3. The van der Waals surface area contributed by atoms with Crippen molar-refractivity contribution >= 4 is 22.7 Å². The minimum absolute atomic E-state index is 0.159. The van der Waals surface area contributed by atoms with Crippen molar-refractivity contribution in [2.75, 3.05) is 5.32 Å². The third kappa shape index (κ3) is 2.65. The maximum Gasteiger partial charge on any atom is 0.325 e. The van der Waals surface area contributed by atoms with E-state index in [4.69, 9.17) is 4.42 Å².